The second kappa shape index (κ2) is 6.32. The van der Waals surface area contributed by atoms with E-state index in [9.17, 15) is 4.39 Å². The minimum absolute atomic E-state index is 0.328. The van der Waals surface area contributed by atoms with E-state index in [1.165, 1.54) is 18.5 Å². The molecule has 2 aromatic rings. The number of anilines is 1. The highest BCUT2D eigenvalue weighted by molar-refractivity contribution is 5.50. The normalized spacial score (nSPS) is 10.4. The standard InChI is InChI=1S/C15H18FN3O/c1-4-5-12-14(17-3)18-9-19-15(12)20-13-8-11(16)7-6-10(13)2/h6-9H,4-5H2,1-3H3,(H,17,18,19). The molecule has 0 atom stereocenters. The van der Waals surface area contributed by atoms with E-state index < -0.39 is 0 Å². The lowest BCUT2D eigenvalue weighted by Gasteiger charge is -2.13. The summed E-state index contributed by atoms with van der Waals surface area (Å²) in [5.41, 5.74) is 1.76. The van der Waals surface area contributed by atoms with Crippen molar-refractivity contribution in [2.75, 3.05) is 12.4 Å². The molecule has 0 saturated carbocycles. The summed E-state index contributed by atoms with van der Waals surface area (Å²) < 4.78 is 19.1. The van der Waals surface area contributed by atoms with E-state index in [4.69, 9.17) is 4.74 Å². The van der Waals surface area contributed by atoms with Gasteiger partial charge >= 0.3 is 0 Å². The highest BCUT2D eigenvalue weighted by Crippen LogP contribution is 2.30. The molecule has 0 unspecified atom stereocenters. The van der Waals surface area contributed by atoms with Crippen LogP contribution in [-0.4, -0.2) is 17.0 Å². The van der Waals surface area contributed by atoms with Gasteiger partial charge in [-0.05, 0) is 25.0 Å². The number of aryl methyl sites for hydroxylation is 1. The van der Waals surface area contributed by atoms with Crippen molar-refractivity contribution in [1.82, 2.24) is 9.97 Å². The van der Waals surface area contributed by atoms with Gasteiger partial charge in [0, 0.05) is 13.1 Å². The lowest BCUT2D eigenvalue weighted by Crippen LogP contribution is -2.03. The van der Waals surface area contributed by atoms with E-state index in [-0.39, 0.29) is 5.82 Å². The van der Waals surface area contributed by atoms with Crippen molar-refractivity contribution in [1.29, 1.82) is 0 Å². The maximum absolute atomic E-state index is 13.3. The molecule has 1 heterocycles. The fourth-order valence-corrected chi connectivity index (χ4v) is 1.96. The first-order valence-electron chi connectivity index (χ1n) is 6.61. The molecular formula is C15H18FN3O. The molecular weight excluding hydrogens is 257 g/mol. The zero-order valence-corrected chi connectivity index (χ0v) is 11.9. The fraction of sp³-hybridized carbons (Fsp3) is 0.333. The molecule has 0 bridgehead atoms. The van der Waals surface area contributed by atoms with Crippen molar-refractivity contribution in [3.05, 3.63) is 41.5 Å². The summed E-state index contributed by atoms with van der Waals surface area (Å²) in [6.07, 6.45) is 3.18. The van der Waals surface area contributed by atoms with Gasteiger partial charge in [-0.1, -0.05) is 19.4 Å². The van der Waals surface area contributed by atoms with Crippen LogP contribution in [0, 0.1) is 12.7 Å². The van der Waals surface area contributed by atoms with Crippen LogP contribution in [0.4, 0.5) is 10.2 Å². The van der Waals surface area contributed by atoms with Crippen molar-refractivity contribution < 1.29 is 9.13 Å². The Kier molecular flexibility index (Phi) is 4.50. The van der Waals surface area contributed by atoms with Crippen LogP contribution in [0.3, 0.4) is 0 Å². The minimum atomic E-state index is -0.328. The molecule has 0 fully saturated rings. The number of aromatic nitrogens is 2. The predicted molar refractivity (Wildman–Crippen MR) is 76.8 cm³/mol. The topological polar surface area (TPSA) is 47.0 Å². The van der Waals surface area contributed by atoms with Gasteiger partial charge in [0.25, 0.3) is 0 Å². The van der Waals surface area contributed by atoms with Gasteiger partial charge in [-0.15, -0.1) is 0 Å². The molecule has 106 valence electrons. The Morgan fingerprint density at radius 1 is 1.30 bits per heavy atom. The monoisotopic (exact) mass is 275 g/mol. The third-order valence-electron chi connectivity index (χ3n) is 3.00. The van der Waals surface area contributed by atoms with Crippen LogP contribution in [0.15, 0.2) is 24.5 Å². The Balaban J connectivity index is 2.39. The Morgan fingerprint density at radius 3 is 2.80 bits per heavy atom. The highest BCUT2D eigenvalue weighted by atomic mass is 19.1. The van der Waals surface area contributed by atoms with Gasteiger partial charge < -0.3 is 10.1 Å². The van der Waals surface area contributed by atoms with Crippen molar-refractivity contribution in [3.63, 3.8) is 0 Å². The van der Waals surface area contributed by atoms with Crippen LogP contribution in [0.25, 0.3) is 0 Å². The Bertz CT molecular complexity index is 602. The average Bonchev–Trinajstić information content (AvgIpc) is 2.45. The molecule has 0 spiro atoms. The Morgan fingerprint density at radius 2 is 2.10 bits per heavy atom. The van der Waals surface area contributed by atoms with Gasteiger partial charge in [-0.3, -0.25) is 0 Å². The number of hydrogen-bond acceptors (Lipinski definition) is 4. The second-order valence-corrected chi connectivity index (χ2v) is 4.52. The van der Waals surface area contributed by atoms with E-state index in [1.54, 1.807) is 13.1 Å². The van der Waals surface area contributed by atoms with Crippen molar-refractivity contribution in [2.45, 2.75) is 26.7 Å². The largest absolute Gasteiger partial charge is 0.438 e. The van der Waals surface area contributed by atoms with Crippen LogP contribution in [0.5, 0.6) is 11.6 Å². The summed E-state index contributed by atoms with van der Waals surface area (Å²) in [4.78, 5) is 8.36. The van der Waals surface area contributed by atoms with Gasteiger partial charge in [-0.2, -0.15) is 0 Å². The first-order chi connectivity index (χ1) is 9.65. The molecule has 5 heteroatoms. The number of nitrogens with zero attached hydrogens (tertiary/aromatic N) is 2. The van der Waals surface area contributed by atoms with Crippen LogP contribution in [0.2, 0.25) is 0 Å². The first kappa shape index (κ1) is 14.2. The highest BCUT2D eigenvalue weighted by Gasteiger charge is 2.13. The molecule has 0 aliphatic rings. The molecule has 1 aromatic heterocycles. The van der Waals surface area contributed by atoms with E-state index in [0.29, 0.717) is 11.6 Å². The zero-order valence-electron chi connectivity index (χ0n) is 11.9. The molecule has 1 N–H and O–H groups in total. The zero-order chi connectivity index (χ0) is 14.5. The van der Waals surface area contributed by atoms with E-state index in [1.807, 2.05) is 6.92 Å². The van der Waals surface area contributed by atoms with Crippen molar-refractivity contribution >= 4 is 5.82 Å². The summed E-state index contributed by atoms with van der Waals surface area (Å²) in [5.74, 6) is 1.36. The second-order valence-electron chi connectivity index (χ2n) is 4.52. The Labute approximate surface area is 118 Å². The summed E-state index contributed by atoms with van der Waals surface area (Å²) in [7, 11) is 1.80. The SMILES string of the molecule is CCCc1c(NC)ncnc1Oc1cc(F)ccc1C. The van der Waals surface area contributed by atoms with E-state index >= 15 is 0 Å². The molecule has 0 radical (unpaired) electrons. The molecule has 1 aromatic carbocycles. The van der Waals surface area contributed by atoms with E-state index in [0.717, 1.165) is 29.8 Å². The summed E-state index contributed by atoms with van der Waals surface area (Å²) >= 11 is 0. The lowest BCUT2D eigenvalue weighted by atomic mass is 10.1. The number of rotatable bonds is 5. The summed E-state index contributed by atoms with van der Waals surface area (Å²) in [5, 5.41) is 3.03. The quantitative estimate of drug-likeness (QED) is 0.903. The molecule has 20 heavy (non-hydrogen) atoms. The van der Waals surface area contributed by atoms with Gasteiger partial charge in [0.2, 0.25) is 5.88 Å². The maximum atomic E-state index is 13.3. The summed E-state index contributed by atoms with van der Waals surface area (Å²) in [6, 6.07) is 4.46. The van der Waals surface area contributed by atoms with Gasteiger partial charge in [0.15, 0.2) is 0 Å². The molecule has 4 nitrogen and oxygen atoms in total. The lowest BCUT2D eigenvalue weighted by molar-refractivity contribution is 0.446. The maximum Gasteiger partial charge on any atom is 0.227 e. The number of halogens is 1. The minimum Gasteiger partial charge on any atom is -0.438 e. The predicted octanol–water partition coefficient (Wildman–Crippen LogP) is 3.71. The molecule has 0 amide bonds. The van der Waals surface area contributed by atoms with Crippen LogP contribution in [0.1, 0.15) is 24.5 Å². The van der Waals surface area contributed by atoms with Gasteiger partial charge in [-0.25, -0.2) is 14.4 Å². The Hall–Kier alpha value is -2.17. The van der Waals surface area contributed by atoms with Gasteiger partial charge in [0.1, 0.15) is 23.7 Å². The smallest absolute Gasteiger partial charge is 0.227 e. The first-order valence-corrected chi connectivity index (χ1v) is 6.61. The van der Waals surface area contributed by atoms with Crippen LogP contribution < -0.4 is 10.1 Å². The van der Waals surface area contributed by atoms with Crippen molar-refractivity contribution in [2.24, 2.45) is 0 Å². The molecule has 2 rings (SSSR count). The number of benzene rings is 1. The third kappa shape index (κ3) is 3.04. The molecule has 0 aliphatic heterocycles. The average molecular weight is 275 g/mol. The number of nitrogens with one attached hydrogen (secondary N) is 1. The van der Waals surface area contributed by atoms with Crippen LogP contribution in [-0.2, 0) is 6.42 Å². The number of hydrogen-bond donors (Lipinski definition) is 1. The molecule has 0 aliphatic carbocycles. The third-order valence-corrected chi connectivity index (χ3v) is 3.00. The summed E-state index contributed by atoms with van der Waals surface area (Å²) in [6.45, 7) is 3.94. The fourth-order valence-electron chi connectivity index (χ4n) is 1.96. The van der Waals surface area contributed by atoms with Crippen molar-refractivity contribution in [3.8, 4) is 11.6 Å². The van der Waals surface area contributed by atoms with E-state index in [2.05, 4.69) is 22.2 Å². The number of ether oxygens (including phenoxy) is 1. The van der Waals surface area contributed by atoms with Gasteiger partial charge in [0.05, 0.1) is 5.56 Å². The van der Waals surface area contributed by atoms with Crippen LogP contribution >= 0.6 is 0 Å². The molecule has 0 saturated heterocycles.